The number of amides is 1. The molecule has 0 radical (unpaired) electrons. The summed E-state index contributed by atoms with van der Waals surface area (Å²) in [5, 5.41) is 12.7. The van der Waals surface area contributed by atoms with Crippen LogP contribution in [0.5, 0.6) is 0 Å². The fourth-order valence-electron chi connectivity index (χ4n) is 2.46. The average Bonchev–Trinajstić information content (AvgIpc) is 3.04. The standard InChI is InChI=1S/C13H18N2O3S/c1-2-8-6-14-11(19-8)7-15-12(16)9-4-3-5-10(9)13(17)18/h6,9-10H,2-5,7H2,1H3,(H,15,16)(H,17,18). The van der Waals surface area contributed by atoms with E-state index in [2.05, 4.69) is 17.2 Å². The monoisotopic (exact) mass is 282 g/mol. The number of aliphatic carboxylic acids is 1. The van der Waals surface area contributed by atoms with Gasteiger partial charge in [-0.25, -0.2) is 4.98 Å². The number of carbonyl (C=O) groups excluding carboxylic acids is 1. The van der Waals surface area contributed by atoms with Crippen LogP contribution in [0.2, 0.25) is 0 Å². The van der Waals surface area contributed by atoms with Crippen molar-refractivity contribution < 1.29 is 14.7 Å². The maximum absolute atomic E-state index is 12.0. The van der Waals surface area contributed by atoms with Crippen molar-refractivity contribution in [3.63, 3.8) is 0 Å². The highest BCUT2D eigenvalue weighted by Gasteiger charge is 2.37. The van der Waals surface area contributed by atoms with Crippen LogP contribution in [0.3, 0.4) is 0 Å². The molecule has 6 heteroatoms. The number of hydrogen-bond donors (Lipinski definition) is 2. The molecule has 0 saturated heterocycles. The smallest absolute Gasteiger partial charge is 0.307 e. The van der Waals surface area contributed by atoms with Gasteiger partial charge in [0.2, 0.25) is 5.91 Å². The van der Waals surface area contributed by atoms with Crippen molar-refractivity contribution in [1.29, 1.82) is 0 Å². The maximum Gasteiger partial charge on any atom is 0.307 e. The van der Waals surface area contributed by atoms with E-state index in [1.54, 1.807) is 11.3 Å². The fourth-order valence-corrected chi connectivity index (χ4v) is 3.26. The minimum atomic E-state index is -0.861. The van der Waals surface area contributed by atoms with Crippen LogP contribution < -0.4 is 5.32 Å². The summed E-state index contributed by atoms with van der Waals surface area (Å²) in [4.78, 5) is 28.5. The van der Waals surface area contributed by atoms with Crippen molar-refractivity contribution >= 4 is 23.2 Å². The molecule has 1 fully saturated rings. The SMILES string of the molecule is CCc1cnc(CNC(=O)C2CCCC2C(=O)O)s1. The molecule has 1 amide bonds. The van der Waals surface area contributed by atoms with Gasteiger partial charge in [-0.15, -0.1) is 11.3 Å². The van der Waals surface area contributed by atoms with Gasteiger partial charge >= 0.3 is 5.97 Å². The summed E-state index contributed by atoms with van der Waals surface area (Å²) in [6.07, 6.45) is 4.84. The second-order valence-corrected chi connectivity index (χ2v) is 5.97. The molecule has 1 saturated carbocycles. The van der Waals surface area contributed by atoms with E-state index < -0.39 is 11.9 Å². The number of thiazole rings is 1. The molecule has 2 N–H and O–H groups in total. The van der Waals surface area contributed by atoms with Crippen molar-refractivity contribution in [2.45, 2.75) is 39.2 Å². The molecule has 1 aliphatic rings. The Morgan fingerprint density at radius 3 is 2.84 bits per heavy atom. The first-order valence-corrected chi connectivity index (χ1v) is 7.37. The molecule has 0 aliphatic heterocycles. The normalized spacial score (nSPS) is 22.4. The molecule has 1 heterocycles. The van der Waals surface area contributed by atoms with E-state index in [0.717, 1.165) is 17.8 Å². The van der Waals surface area contributed by atoms with Gasteiger partial charge in [0.15, 0.2) is 0 Å². The number of rotatable bonds is 5. The molecule has 19 heavy (non-hydrogen) atoms. The van der Waals surface area contributed by atoms with E-state index in [0.29, 0.717) is 19.4 Å². The van der Waals surface area contributed by atoms with Gasteiger partial charge in [-0.3, -0.25) is 9.59 Å². The van der Waals surface area contributed by atoms with Crippen LogP contribution in [0.4, 0.5) is 0 Å². The summed E-state index contributed by atoms with van der Waals surface area (Å²) < 4.78 is 0. The maximum atomic E-state index is 12.0. The van der Waals surface area contributed by atoms with Gasteiger partial charge in [0.25, 0.3) is 0 Å². The zero-order chi connectivity index (χ0) is 13.8. The highest BCUT2D eigenvalue weighted by Crippen LogP contribution is 2.32. The summed E-state index contributed by atoms with van der Waals surface area (Å²) in [5.74, 6) is -1.93. The Labute approximate surface area is 116 Å². The Morgan fingerprint density at radius 1 is 1.47 bits per heavy atom. The quantitative estimate of drug-likeness (QED) is 0.863. The molecule has 1 aromatic rings. The molecule has 1 aromatic heterocycles. The number of carboxylic acids is 1. The van der Waals surface area contributed by atoms with Crippen molar-refractivity contribution in [2.24, 2.45) is 11.8 Å². The van der Waals surface area contributed by atoms with Gasteiger partial charge in [0, 0.05) is 11.1 Å². The summed E-state index contributed by atoms with van der Waals surface area (Å²) in [6.45, 7) is 2.46. The van der Waals surface area contributed by atoms with Crippen LogP contribution in [0.25, 0.3) is 0 Å². The predicted molar refractivity (Wildman–Crippen MR) is 71.8 cm³/mol. The Kier molecular flexibility index (Phi) is 4.52. The Hall–Kier alpha value is -1.43. The first kappa shape index (κ1) is 14.0. The molecule has 2 unspecified atom stereocenters. The second kappa shape index (κ2) is 6.14. The van der Waals surface area contributed by atoms with Crippen molar-refractivity contribution in [3.8, 4) is 0 Å². The van der Waals surface area contributed by atoms with Crippen LogP contribution in [0.1, 0.15) is 36.1 Å². The van der Waals surface area contributed by atoms with Gasteiger partial charge in [-0.1, -0.05) is 13.3 Å². The lowest BCUT2D eigenvalue weighted by Gasteiger charge is -2.14. The number of nitrogens with zero attached hydrogens (tertiary/aromatic N) is 1. The third kappa shape index (κ3) is 3.32. The number of carboxylic acid groups (broad SMARTS) is 1. The van der Waals surface area contributed by atoms with Crippen LogP contribution in [-0.4, -0.2) is 22.0 Å². The summed E-state index contributed by atoms with van der Waals surface area (Å²) >= 11 is 1.58. The largest absolute Gasteiger partial charge is 0.481 e. The van der Waals surface area contributed by atoms with E-state index in [1.807, 2.05) is 6.20 Å². The van der Waals surface area contributed by atoms with Gasteiger partial charge < -0.3 is 10.4 Å². The molecule has 0 bridgehead atoms. The third-order valence-corrected chi connectivity index (χ3v) is 4.68. The lowest BCUT2D eigenvalue weighted by molar-refractivity contribution is -0.146. The molecular formula is C13H18N2O3S. The number of aryl methyl sites for hydroxylation is 1. The Balaban J connectivity index is 1.88. The molecule has 1 aliphatic carbocycles. The Bertz CT molecular complexity index is 472. The average molecular weight is 282 g/mol. The molecule has 2 rings (SSSR count). The Morgan fingerprint density at radius 2 is 2.21 bits per heavy atom. The molecule has 2 atom stereocenters. The van der Waals surface area contributed by atoms with Crippen LogP contribution in [0, 0.1) is 11.8 Å². The molecule has 0 spiro atoms. The minimum absolute atomic E-state index is 0.154. The summed E-state index contributed by atoms with van der Waals surface area (Å²) in [5.41, 5.74) is 0. The zero-order valence-electron chi connectivity index (χ0n) is 10.9. The van der Waals surface area contributed by atoms with Gasteiger partial charge in [-0.05, 0) is 19.3 Å². The summed E-state index contributed by atoms with van der Waals surface area (Å²) in [7, 11) is 0. The number of nitrogens with one attached hydrogen (secondary N) is 1. The number of aromatic nitrogens is 1. The van der Waals surface area contributed by atoms with Crippen LogP contribution in [0.15, 0.2) is 6.20 Å². The van der Waals surface area contributed by atoms with Gasteiger partial charge in [0.1, 0.15) is 5.01 Å². The van der Waals surface area contributed by atoms with E-state index in [9.17, 15) is 9.59 Å². The number of carbonyl (C=O) groups is 2. The van der Waals surface area contributed by atoms with E-state index in [-0.39, 0.29) is 11.8 Å². The lowest BCUT2D eigenvalue weighted by Crippen LogP contribution is -2.34. The molecule has 104 valence electrons. The van der Waals surface area contributed by atoms with E-state index >= 15 is 0 Å². The van der Waals surface area contributed by atoms with Crippen molar-refractivity contribution in [2.75, 3.05) is 0 Å². The van der Waals surface area contributed by atoms with Crippen LogP contribution in [-0.2, 0) is 22.6 Å². The first-order chi connectivity index (χ1) is 9.11. The predicted octanol–water partition coefficient (Wildman–Crippen LogP) is 1.82. The van der Waals surface area contributed by atoms with E-state index in [1.165, 1.54) is 4.88 Å². The topological polar surface area (TPSA) is 79.3 Å². The van der Waals surface area contributed by atoms with Crippen molar-refractivity contribution in [3.05, 3.63) is 16.1 Å². The second-order valence-electron chi connectivity index (χ2n) is 4.77. The highest BCUT2D eigenvalue weighted by atomic mass is 32.1. The minimum Gasteiger partial charge on any atom is -0.481 e. The number of hydrogen-bond acceptors (Lipinski definition) is 4. The fraction of sp³-hybridized carbons (Fsp3) is 0.615. The van der Waals surface area contributed by atoms with Gasteiger partial charge in [0.05, 0.1) is 18.4 Å². The van der Waals surface area contributed by atoms with Crippen LogP contribution >= 0.6 is 11.3 Å². The third-order valence-electron chi connectivity index (χ3n) is 3.53. The molecular weight excluding hydrogens is 264 g/mol. The molecule has 0 aromatic carbocycles. The zero-order valence-corrected chi connectivity index (χ0v) is 11.7. The van der Waals surface area contributed by atoms with E-state index in [4.69, 9.17) is 5.11 Å². The highest BCUT2D eigenvalue weighted by molar-refractivity contribution is 7.11. The van der Waals surface area contributed by atoms with Gasteiger partial charge in [-0.2, -0.15) is 0 Å². The first-order valence-electron chi connectivity index (χ1n) is 6.56. The lowest BCUT2D eigenvalue weighted by atomic mass is 9.95. The summed E-state index contributed by atoms with van der Waals surface area (Å²) in [6, 6.07) is 0. The molecule has 5 nitrogen and oxygen atoms in total. The van der Waals surface area contributed by atoms with Crippen molar-refractivity contribution in [1.82, 2.24) is 10.3 Å².